The third-order valence-electron chi connectivity index (χ3n) is 2.84. The van der Waals surface area contributed by atoms with Crippen LogP contribution in [0, 0.1) is 6.92 Å². The van der Waals surface area contributed by atoms with Gasteiger partial charge in [-0.25, -0.2) is 10.2 Å². The second-order valence-electron chi connectivity index (χ2n) is 4.53. The largest absolute Gasteiger partial charge is 0.489 e. The minimum atomic E-state index is -0.695. The highest BCUT2D eigenvalue weighted by Gasteiger charge is 2.01. The molecule has 5 nitrogen and oxygen atoms in total. The van der Waals surface area contributed by atoms with Crippen molar-refractivity contribution in [3.8, 4) is 5.75 Å². The van der Waals surface area contributed by atoms with E-state index in [1.807, 2.05) is 55.5 Å². The minimum absolute atomic E-state index is 0.502. The number of benzene rings is 2. The van der Waals surface area contributed by atoms with E-state index in [4.69, 9.17) is 10.5 Å². The SMILES string of the molecule is Cc1ccc(C=NNC(N)=O)cc1OCc1ccccc1. The molecule has 0 aliphatic heterocycles. The summed E-state index contributed by atoms with van der Waals surface area (Å²) in [5.74, 6) is 0.780. The van der Waals surface area contributed by atoms with E-state index in [1.165, 1.54) is 6.21 Å². The first-order chi connectivity index (χ1) is 10.1. The number of carbonyl (C=O) groups is 1. The van der Waals surface area contributed by atoms with E-state index in [0.29, 0.717) is 6.61 Å². The predicted molar refractivity (Wildman–Crippen MR) is 82.3 cm³/mol. The zero-order valence-electron chi connectivity index (χ0n) is 11.7. The Morgan fingerprint density at radius 2 is 2.05 bits per heavy atom. The van der Waals surface area contributed by atoms with Crippen LogP contribution in [-0.2, 0) is 6.61 Å². The third kappa shape index (κ3) is 4.65. The first-order valence-corrected chi connectivity index (χ1v) is 6.51. The Bertz CT molecular complexity index is 639. The summed E-state index contributed by atoms with van der Waals surface area (Å²) in [6, 6.07) is 14.9. The average Bonchev–Trinajstić information content (AvgIpc) is 2.48. The minimum Gasteiger partial charge on any atom is -0.489 e. The van der Waals surface area contributed by atoms with Gasteiger partial charge in [0.15, 0.2) is 0 Å². The van der Waals surface area contributed by atoms with Gasteiger partial charge in [0, 0.05) is 0 Å². The first-order valence-electron chi connectivity index (χ1n) is 6.51. The van der Waals surface area contributed by atoms with Crippen molar-refractivity contribution in [2.24, 2.45) is 10.8 Å². The third-order valence-corrected chi connectivity index (χ3v) is 2.84. The maximum absolute atomic E-state index is 10.5. The Balaban J connectivity index is 2.05. The summed E-state index contributed by atoms with van der Waals surface area (Å²) in [6.45, 7) is 2.48. The van der Waals surface area contributed by atoms with E-state index in [2.05, 4.69) is 10.5 Å². The zero-order valence-corrected chi connectivity index (χ0v) is 11.7. The summed E-state index contributed by atoms with van der Waals surface area (Å²) in [6.07, 6.45) is 1.51. The highest BCUT2D eigenvalue weighted by atomic mass is 16.5. The maximum atomic E-state index is 10.5. The van der Waals surface area contributed by atoms with Gasteiger partial charge in [0.2, 0.25) is 0 Å². The Hall–Kier alpha value is -2.82. The normalized spacial score (nSPS) is 10.5. The number of carbonyl (C=O) groups excluding carboxylic acids is 1. The van der Waals surface area contributed by atoms with Crippen molar-refractivity contribution in [3.05, 3.63) is 65.2 Å². The number of hydrogen-bond acceptors (Lipinski definition) is 3. The number of aryl methyl sites for hydroxylation is 1. The molecule has 0 bridgehead atoms. The quantitative estimate of drug-likeness (QED) is 0.653. The molecule has 0 atom stereocenters. The van der Waals surface area contributed by atoms with Gasteiger partial charge in [-0.2, -0.15) is 5.10 Å². The standard InChI is InChI=1S/C16H17N3O2/c1-12-7-8-14(10-18-19-16(17)20)9-15(12)21-11-13-5-3-2-4-6-13/h2-10H,11H2,1H3,(H3,17,19,20). The monoisotopic (exact) mass is 283 g/mol. The molecule has 0 saturated carbocycles. The molecule has 0 aliphatic carbocycles. The summed E-state index contributed by atoms with van der Waals surface area (Å²) in [5.41, 5.74) is 10.0. The van der Waals surface area contributed by atoms with Crippen LogP contribution in [0.25, 0.3) is 0 Å². The van der Waals surface area contributed by atoms with E-state index in [-0.39, 0.29) is 0 Å². The fourth-order valence-electron chi connectivity index (χ4n) is 1.76. The number of urea groups is 1. The lowest BCUT2D eigenvalue weighted by Crippen LogP contribution is -2.24. The number of nitrogens with one attached hydrogen (secondary N) is 1. The van der Waals surface area contributed by atoms with Crippen LogP contribution in [0.1, 0.15) is 16.7 Å². The summed E-state index contributed by atoms with van der Waals surface area (Å²) in [4.78, 5) is 10.5. The molecule has 3 N–H and O–H groups in total. The van der Waals surface area contributed by atoms with Gasteiger partial charge in [-0.1, -0.05) is 42.5 Å². The van der Waals surface area contributed by atoms with E-state index in [9.17, 15) is 4.79 Å². The number of amides is 2. The summed E-state index contributed by atoms with van der Waals surface area (Å²) in [7, 11) is 0. The topological polar surface area (TPSA) is 76.7 Å². The first kappa shape index (κ1) is 14.6. The highest BCUT2D eigenvalue weighted by molar-refractivity contribution is 5.82. The van der Waals surface area contributed by atoms with Crippen molar-refractivity contribution in [1.82, 2.24) is 5.43 Å². The molecule has 21 heavy (non-hydrogen) atoms. The van der Waals surface area contributed by atoms with Gasteiger partial charge < -0.3 is 10.5 Å². The Labute approximate surface area is 123 Å². The van der Waals surface area contributed by atoms with Crippen LogP contribution in [0.15, 0.2) is 53.6 Å². The van der Waals surface area contributed by atoms with E-state index >= 15 is 0 Å². The number of hydrazone groups is 1. The van der Waals surface area contributed by atoms with Crippen molar-refractivity contribution in [1.29, 1.82) is 0 Å². The molecule has 0 saturated heterocycles. The fourth-order valence-corrected chi connectivity index (χ4v) is 1.76. The summed E-state index contributed by atoms with van der Waals surface area (Å²) >= 11 is 0. The van der Waals surface area contributed by atoms with E-state index in [1.54, 1.807) is 0 Å². The lowest BCUT2D eigenvalue weighted by atomic mass is 10.1. The van der Waals surface area contributed by atoms with Crippen LogP contribution in [0.2, 0.25) is 0 Å². The number of nitrogens with zero attached hydrogens (tertiary/aromatic N) is 1. The molecule has 0 spiro atoms. The zero-order chi connectivity index (χ0) is 15.1. The van der Waals surface area contributed by atoms with Crippen molar-refractivity contribution < 1.29 is 9.53 Å². The smallest absolute Gasteiger partial charge is 0.332 e. The van der Waals surface area contributed by atoms with Gasteiger partial charge in [0.1, 0.15) is 12.4 Å². The Kier molecular flexibility index (Phi) is 4.93. The predicted octanol–water partition coefficient (Wildman–Crippen LogP) is 2.58. The number of nitrogens with two attached hydrogens (primary N) is 1. The molecule has 0 aromatic heterocycles. The number of rotatable bonds is 5. The van der Waals surface area contributed by atoms with Crippen molar-refractivity contribution in [2.75, 3.05) is 0 Å². The molecule has 5 heteroatoms. The molecule has 0 radical (unpaired) electrons. The lowest BCUT2D eigenvalue weighted by Gasteiger charge is -2.10. The molecule has 0 heterocycles. The number of ether oxygens (including phenoxy) is 1. The van der Waals surface area contributed by atoms with Crippen LogP contribution in [0.4, 0.5) is 4.79 Å². The van der Waals surface area contributed by atoms with E-state index in [0.717, 1.165) is 22.4 Å². The molecular formula is C16H17N3O2. The number of primary amides is 1. The van der Waals surface area contributed by atoms with Gasteiger partial charge in [-0.15, -0.1) is 0 Å². The Morgan fingerprint density at radius 3 is 2.76 bits per heavy atom. The molecule has 0 unspecified atom stereocenters. The average molecular weight is 283 g/mol. The molecule has 108 valence electrons. The van der Waals surface area contributed by atoms with Gasteiger partial charge >= 0.3 is 6.03 Å². The number of hydrogen-bond donors (Lipinski definition) is 2. The van der Waals surface area contributed by atoms with Crippen LogP contribution < -0.4 is 15.9 Å². The second kappa shape index (κ2) is 7.09. The molecule has 2 aromatic rings. The van der Waals surface area contributed by atoms with Crippen LogP contribution in [0.3, 0.4) is 0 Å². The summed E-state index contributed by atoms with van der Waals surface area (Å²) < 4.78 is 5.82. The van der Waals surface area contributed by atoms with Crippen molar-refractivity contribution in [2.45, 2.75) is 13.5 Å². The molecular weight excluding hydrogens is 266 g/mol. The molecule has 2 amide bonds. The van der Waals surface area contributed by atoms with Gasteiger partial charge in [0.05, 0.1) is 6.21 Å². The second-order valence-corrected chi connectivity index (χ2v) is 4.53. The lowest BCUT2D eigenvalue weighted by molar-refractivity contribution is 0.249. The van der Waals surface area contributed by atoms with Crippen LogP contribution in [0.5, 0.6) is 5.75 Å². The van der Waals surface area contributed by atoms with Crippen LogP contribution in [-0.4, -0.2) is 12.2 Å². The van der Waals surface area contributed by atoms with Crippen molar-refractivity contribution >= 4 is 12.2 Å². The Morgan fingerprint density at radius 1 is 1.29 bits per heavy atom. The fraction of sp³-hybridized carbons (Fsp3) is 0.125. The van der Waals surface area contributed by atoms with Gasteiger partial charge in [-0.05, 0) is 29.7 Å². The van der Waals surface area contributed by atoms with E-state index < -0.39 is 6.03 Å². The molecule has 2 aromatic carbocycles. The maximum Gasteiger partial charge on any atom is 0.332 e. The molecule has 0 aliphatic rings. The molecule has 2 rings (SSSR count). The van der Waals surface area contributed by atoms with Crippen molar-refractivity contribution in [3.63, 3.8) is 0 Å². The highest BCUT2D eigenvalue weighted by Crippen LogP contribution is 2.20. The van der Waals surface area contributed by atoms with Crippen LogP contribution >= 0.6 is 0 Å². The van der Waals surface area contributed by atoms with Gasteiger partial charge in [-0.3, -0.25) is 0 Å². The van der Waals surface area contributed by atoms with Gasteiger partial charge in [0.25, 0.3) is 0 Å². The molecule has 0 fully saturated rings. The summed E-state index contributed by atoms with van der Waals surface area (Å²) in [5, 5.41) is 3.73.